The minimum absolute atomic E-state index is 0.0892. The number of nitrogens with zero attached hydrogens (tertiary/aromatic N) is 4. The standard InChI is InChI=1S/C25H29ClFN5O2/c1-17-5-3-6-21(13-17)32-12-11-31(16-18(32)2)10-4-9-28-24(33)25-30-29-23(34-25)14-19-7-8-20(27)15-22(19)26/h3,5-8,13,15,18H,4,9-12,14,16H2,1-2H3,(H,28,33). The van der Waals surface area contributed by atoms with Gasteiger partial charge >= 0.3 is 11.8 Å². The molecule has 1 fully saturated rings. The van der Waals surface area contributed by atoms with Gasteiger partial charge in [0.05, 0.1) is 6.42 Å². The van der Waals surface area contributed by atoms with Crippen molar-refractivity contribution in [2.24, 2.45) is 0 Å². The molecule has 0 bridgehead atoms. The summed E-state index contributed by atoms with van der Waals surface area (Å²) in [5.41, 5.74) is 3.20. The molecule has 0 spiro atoms. The molecular formula is C25H29ClFN5O2. The zero-order valence-corrected chi connectivity index (χ0v) is 20.2. The molecule has 1 aliphatic rings. The van der Waals surface area contributed by atoms with Crippen LogP contribution >= 0.6 is 11.6 Å². The van der Waals surface area contributed by atoms with Crippen molar-refractivity contribution in [3.63, 3.8) is 0 Å². The SMILES string of the molecule is Cc1cccc(N2CCN(CCCNC(=O)c3nnc(Cc4ccc(F)cc4Cl)o3)CC2C)c1. The van der Waals surface area contributed by atoms with Gasteiger partial charge in [0.2, 0.25) is 5.89 Å². The molecule has 0 radical (unpaired) electrons. The maximum absolute atomic E-state index is 13.2. The summed E-state index contributed by atoms with van der Waals surface area (Å²) in [6.07, 6.45) is 1.06. The van der Waals surface area contributed by atoms with E-state index in [-0.39, 0.29) is 23.2 Å². The molecule has 0 saturated carbocycles. The van der Waals surface area contributed by atoms with Crippen LogP contribution in [0.3, 0.4) is 0 Å². The summed E-state index contributed by atoms with van der Waals surface area (Å²) in [5, 5.41) is 10.8. The molecule has 2 heterocycles. The van der Waals surface area contributed by atoms with Gasteiger partial charge in [-0.15, -0.1) is 10.2 Å². The Labute approximate surface area is 203 Å². The average molecular weight is 486 g/mol. The van der Waals surface area contributed by atoms with Gasteiger partial charge in [0.1, 0.15) is 5.82 Å². The molecule has 1 aliphatic heterocycles. The molecule has 1 N–H and O–H groups in total. The number of rotatable bonds is 8. The quantitative estimate of drug-likeness (QED) is 0.484. The van der Waals surface area contributed by atoms with Gasteiger partial charge in [-0.3, -0.25) is 9.69 Å². The number of carbonyl (C=O) groups excluding carboxylic acids is 1. The van der Waals surface area contributed by atoms with E-state index < -0.39 is 11.7 Å². The normalized spacial score (nSPS) is 16.6. The number of aromatic nitrogens is 2. The topological polar surface area (TPSA) is 74.5 Å². The maximum atomic E-state index is 13.2. The van der Waals surface area contributed by atoms with E-state index >= 15 is 0 Å². The Morgan fingerprint density at radius 1 is 1.24 bits per heavy atom. The molecule has 7 nitrogen and oxygen atoms in total. The lowest BCUT2D eigenvalue weighted by Crippen LogP contribution is -2.52. The van der Waals surface area contributed by atoms with Crippen molar-refractivity contribution in [1.82, 2.24) is 20.4 Å². The zero-order valence-electron chi connectivity index (χ0n) is 19.4. The van der Waals surface area contributed by atoms with E-state index in [0.29, 0.717) is 18.2 Å². The van der Waals surface area contributed by atoms with Gasteiger partial charge in [0.15, 0.2) is 0 Å². The molecular weight excluding hydrogens is 457 g/mol. The summed E-state index contributed by atoms with van der Waals surface area (Å²) in [7, 11) is 0. The van der Waals surface area contributed by atoms with Crippen molar-refractivity contribution in [1.29, 1.82) is 0 Å². The Bertz CT molecular complexity index is 1140. The van der Waals surface area contributed by atoms with E-state index in [4.69, 9.17) is 16.0 Å². The lowest BCUT2D eigenvalue weighted by molar-refractivity contribution is 0.0914. The van der Waals surface area contributed by atoms with E-state index in [1.165, 1.54) is 23.4 Å². The van der Waals surface area contributed by atoms with Crippen molar-refractivity contribution in [2.45, 2.75) is 32.7 Å². The first-order chi connectivity index (χ1) is 16.4. The van der Waals surface area contributed by atoms with Crippen LogP contribution in [-0.4, -0.2) is 59.8 Å². The van der Waals surface area contributed by atoms with E-state index in [2.05, 4.69) is 63.4 Å². The highest BCUT2D eigenvalue weighted by atomic mass is 35.5. The third kappa shape index (κ3) is 6.12. The third-order valence-electron chi connectivity index (χ3n) is 6.00. The number of amides is 1. The van der Waals surface area contributed by atoms with Gasteiger partial charge in [-0.1, -0.05) is 29.8 Å². The van der Waals surface area contributed by atoms with Crippen LogP contribution in [0.4, 0.5) is 10.1 Å². The van der Waals surface area contributed by atoms with E-state index in [0.717, 1.165) is 32.6 Å². The van der Waals surface area contributed by atoms with E-state index in [1.54, 1.807) is 6.07 Å². The molecule has 2 aromatic carbocycles. The Kier molecular flexibility index (Phi) is 7.80. The van der Waals surface area contributed by atoms with Crippen molar-refractivity contribution in [3.8, 4) is 0 Å². The summed E-state index contributed by atoms with van der Waals surface area (Å²) >= 11 is 6.04. The summed E-state index contributed by atoms with van der Waals surface area (Å²) in [6, 6.07) is 13.2. The zero-order chi connectivity index (χ0) is 24.1. The molecule has 4 rings (SSSR count). The maximum Gasteiger partial charge on any atom is 0.308 e. The highest BCUT2D eigenvalue weighted by molar-refractivity contribution is 6.31. The number of hydrogen-bond donors (Lipinski definition) is 1. The van der Waals surface area contributed by atoms with Gasteiger partial charge in [-0.2, -0.15) is 0 Å². The Morgan fingerprint density at radius 3 is 2.85 bits per heavy atom. The Balaban J connectivity index is 1.19. The summed E-state index contributed by atoms with van der Waals surface area (Å²) in [4.78, 5) is 17.2. The first-order valence-electron chi connectivity index (χ1n) is 11.5. The third-order valence-corrected chi connectivity index (χ3v) is 6.35. The number of aryl methyl sites for hydroxylation is 1. The molecule has 9 heteroatoms. The second kappa shape index (κ2) is 11.0. The first kappa shape index (κ1) is 24.2. The van der Waals surface area contributed by atoms with Crippen LogP contribution in [0, 0.1) is 12.7 Å². The Morgan fingerprint density at radius 2 is 2.09 bits per heavy atom. The second-order valence-electron chi connectivity index (χ2n) is 8.70. The molecule has 0 aliphatic carbocycles. The lowest BCUT2D eigenvalue weighted by atomic mass is 10.1. The van der Waals surface area contributed by atoms with Crippen LogP contribution in [-0.2, 0) is 6.42 Å². The number of anilines is 1. The average Bonchev–Trinajstić information content (AvgIpc) is 3.27. The molecule has 1 amide bonds. The van der Waals surface area contributed by atoms with Gasteiger partial charge in [0, 0.05) is 42.9 Å². The number of piperazine rings is 1. The summed E-state index contributed by atoms with van der Waals surface area (Å²) < 4.78 is 18.6. The largest absolute Gasteiger partial charge is 0.417 e. The van der Waals surface area contributed by atoms with Crippen LogP contribution in [0.5, 0.6) is 0 Å². The molecule has 1 aromatic heterocycles. The summed E-state index contributed by atoms with van der Waals surface area (Å²) in [5.74, 6) is -0.656. The minimum Gasteiger partial charge on any atom is -0.417 e. The number of carbonyl (C=O) groups is 1. The van der Waals surface area contributed by atoms with Crippen LogP contribution in [0.2, 0.25) is 5.02 Å². The predicted molar refractivity (Wildman–Crippen MR) is 130 cm³/mol. The van der Waals surface area contributed by atoms with E-state index in [1.807, 2.05) is 0 Å². The fourth-order valence-electron chi connectivity index (χ4n) is 4.25. The van der Waals surface area contributed by atoms with Crippen LogP contribution in [0.1, 0.15) is 41.0 Å². The van der Waals surface area contributed by atoms with Crippen molar-refractivity contribution < 1.29 is 13.6 Å². The van der Waals surface area contributed by atoms with Gasteiger partial charge in [-0.25, -0.2) is 4.39 Å². The lowest BCUT2D eigenvalue weighted by Gasteiger charge is -2.41. The molecule has 1 atom stereocenters. The predicted octanol–water partition coefficient (Wildman–Crippen LogP) is 4.09. The molecule has 3 aromatic rings. The van der Waals surface area contributed by atoms with Gasteiger partial charge in [0.25, 0.3) is 0 Å². The van der Waals surface area contributed by atoms with Crippen LogP contribution in [0.25, 0.3) is 0 Å². The second-order valence-corrected chi connectivity index (χ2v) is 9.11. The summed E-state index contributed by atoms with van der Waals surface area (Å²) in [6.45, 7) is 8.76. The Hall–Kier alpha value is -2.97. The molecule has 34 heavy (non-hydrogen) atoms. The first-order valence-corrected chi connectivity index (χ1v) is 11.9. The minimum atomic E-state index is -0.415. The van der Waals surface area contributed by atoms with Crippen LogP contribution < -0.4 is 10.2 Å². The van der Waals surface area contributed by atoms with Crippen molar-refractivity contribution >= 4 is 23.2 Å². The highest BCUT2D eigenvalue weighted by Crippen LogP contribution is 2.22. The fourth-order valence-corrected chi connectivity index (χ4v) is 4.49. The number of nitrogens with one attached hydrogen (secondary N) is 1. The molecule has 180 valence electrons. The number of hydrogen-bond acceptors (Lipinski definition) is 6. The van der Waals surface area contributed by atoms with Gasteiger partial charge in [-0.05, 0) is 62.2 Å². The van der Waals surface area contributed by atoms with Crippen molar-refractivity contribution in [3.05, 3.63) is 76.2 Å². The highest BCUT2D eigenvalue weighted by Gasteiger charge is 2.23. The van der Waals surface area contributed by atoms with Crippen LogP contribution in [0.15, 0.2) is 46.9 Å². The monoisotopic (exact) mass is 485 g/mol. The van der Waals surface area contributed by atoms with Gasteiger partial charge < -0.3 is 14.6 Å². The smallest absolute Gasteiger partial charge is 0.308 e. The van der Waals surface area contributed by atoms with Crippen molar-refractivity contribution in [2.75, 3.05) is 37.6 Å². The number of halogens is 2. The molecule has 1 unspecified atom stereocenters. The van der Waals surface area contributed by atoms with E-state index in [9.17, 15) is 9.18 Å². The fraction of sp³-hybridized carbons (Fsp3) is 0.400. The molecule has 1 saturated heterocycles. The number of benzene rings is 2.